The molecule has 0 radical (unpaired) electrons. The van der Waals surface area contributed by atoms with Crippen LogP contribution in [-0.4, -0.2) is 5.16 Å². The van der Waals surface area contributed by atoms with E-state index in [9.17, 15) is 0 Å². The van der Waals surface area contributed by atoms with Gasteiger partial charge in [-0.05, 0) is 48.7 Å². The number of aryl methyl sites for hydroxylation is 1. The SMILES string of the molecule is Cc1ccc(P(=Nc2cccc3ccccc23)(Oc2cccc(Cl)c2)C(C)(C)C)o1. The van der Waals surface area contributed by atoms with Gasteiger partial charge in [0.25, 0.3) is 0 Å². The molecule has 4 rings (SSSR count). The van der Waals surface area contributed by atoms with Crippen molar-refractivity contribution in [2.24, 2.45) is 4.74 Å². The molecule has 1 aromatic heterocycles. The maximum Gasteiger partial charge on any atom is 0.207 e. The van der Waals surface area contributed by atoms with E-state index in [2.05, 4.69) is 39.0 Å². The fourth-order valence-corrected chi connectivity index (χ4v) is 6.53. The molecule has 30 heavy (non-hydrogen) atoms. The number of nitrogens with zero attached hydrogens (tertiary/aromatic N) is 1. The summed E-state index contributed by atoms with van der Waals surface area (Å²) in [6.07, 6.45) is 0. The van der Waals surface area contributed by atoms with Gasteiger partial charge in [0.05, 0.1) is 5.69 Å². The van der Waals surface area contributed by atoms with Crippen molar-refractivity contribution >= 4 is 40.8 Å². The van der Waals surface area contributed by atoms with Crippen LogP contribution in [0.4, 0.5) is 5.69 Å². The van der Waals surface area contributed by atoms with Crippen molar-refractivity contribution in [2.75, 3.05) is 0 Å². The molecular weight excluding hydrogens is 413 g/mol. The highest BCUT2D eigenvalue weighted by Gasteiger charge is 2.41. The molecule has 0 bridgehead atoms. The summed E-state index contributed by atoms with van der Waals surface area (Å²) < 4.78 is 18.3. The van der Waals surface area contributed by atoms with Gasteiger partial charge in [-0.25, -0.2) is 4.74 Å². The molecule has 5 heteroatoms. The topological polar surface area (TPSA) is 34.7 Å². The Bertz CT molecular complexity index is 1250. The van der Waals surface area contributed by atoms with Gasteiger partial charge in [-0.15, -0.1) is 0 Å². The van der Waals surface area contributed by atoms with E-state index in [4.69, 9.17) is 25.3 Å². The molecule has 0 aliphatic carbocycles. The molecule has 0 fully saturated rings. The zero-order valence-corrected chi connectivity index (χ0v) is 19.2. The van der Waals surface area contributed by atoms with E-state index in [-0.39, 0.29) is 5.16 Å². The molecule has 0 aliphatic heterocycles. The molecular formula is C25H25ClNO2P. The van der Waals surface area contributed by atoms with Crippen molar-refractivity contribution in [3.8, 4) is 5.75 Å². The third-order valence-corrected chi connectivity index (χ3v) is 8.85. The quantitative estimate of drug-likeness (QED) is 0.300. The van der Waals surface area contributed by atoms with E-state index in [0.717, 1.165) is 27.7 Å². The first-order valence-corrected chi connectivity index (χ1v) is 11.9. The first-order chi connectivity index (χ1) is 14.3. The standard InChI is InChI=1S/C25H25ClNO2P/c1-18-15-16-24(28-18)30(25(2,3)4,29-21-12-8-11-20(26)17-21)27-23-14-7-10-19-9-5-6-13-22(19)23/h5-17H,1-4H3. The van der Waals surface area contributed by atoms with Crippen molar-refractivity contribution in [1.82, 2.24) is 0 Å². The van der Waals surface area contributed by atoms with E-state index in [1.165, 1.54) is 0 Å². The normalized spacial score (nSPS) is 13.8. The second kappa shape index (κ2) is 7.98. The molecule has 154 valence electrons. The van der Waals surface area contributed by atoms with Crippen LogP contribution in [0.2, 0.25) is 5.02 Å². The summed E-state index contributed by atoms with van der Waals surface area (Å²) in [4.78, 5) is 0. The summed E-state index contributed by atoms with van der Waals surface area (Å²) in [6, 6.07) is 25.9. The summed E-state index contributed by atoms with van der Waals surface area (Å²) in [5.74, 6) is 1.52. The lowest BCUT2D eigenvalue weighted by atomic mass is 10.1. The summed E-state index contributed by atoms with van der Waals surface area (Å²) in [6.45, 7) is 8.39. The Kier molecular flexibility index (Phi) is 5.53. The molecule has 3 aromatic carbocycles. The summed E-state index contributed by atoms with van der Waals surface area (Å²) >= 11 is 6.25. The van der Waals surface area contributed by atoms with Gasteiger partial charge in [-0.2, -0.15) is 0 Å². The molecule has 1 heterocycles. The van der Waals surface area contributed by atoms with E-state index >= 15 is 0 Å². The van der Waals surface area contributed by atoms with Crippen LogP contribution < -0.4 is 10.0 Å². The number of hydrogen-bond acceptors (Lipinski definition) is 3. The predicted molar refractivity (Wildman–Crippen MR) is 128 cm³/mol. The van der Waals surface area contributed by atoms with Gasteiger partial charge in [0.15, 0.2) is 5.50 Å². The molecule has 0 saturated heterocycles. The van der Waals surface area contributed by atoms with Gasteiger partial charge in [0.1, 0.15) is 11.5 Å². The minimum Gasteiger partial charge on any atom is -0.457 e. The van der Waals surface area contributed by atoms with Crippen LogP contribution >= 0.6 is 18.9 Å². The van der Waals surface area contributed by atoms with Gasteiger partial charge in [0.2, 0.25) is 7.28 Å². The maximum atomic E-state index is 6.77. The molecule has 0 N–H and O–H groups in total. The molecule has 0 aliphatic rings. The van der Waals surface area contributed by atoms with Crippen molar-refractivity contribution in [3.63, 3.8) is 0 Å². The van der Waals surface area contributed by atoms with Crippen molar-refractivity contribution in [2.45, 2.75) is 32.9 Å². The molecule has 0 spiro atoms. The second-order valence-corrected chi connectivity index (χ2v) is 12.0. The average Bonchev–Trinajstić information content (AvgIpc) is 3.13. The van der Waals surface area contributed by atoms with Gasteiger partial charge in [-0.3, -0.25) is 0 Å². The summed E-state index contributed by atoms with van der Waals surface area (Å²) in [7, 11) is -2.68. The van der Waals surface area contributed by atoms with Crippen LogP contribution in [0.3, 0.4) is 0 Å². The number of rotatable bonds is 4. The monoisotopic (exact) mass is 437 g/mol. The number of furan rings is 1. The van der Waals surface area contributed by atoms with E-state index in [1.807, 2.05) is 67.6 Å². The van der Waals surface area contributed by atoms with Crippen LogP contribution in [0.15, 0.2) is 88.0 Å². The predicted octanol–water partition coefficient (Wildman–Crippen LogP) is 8.35. The highest BCUT2D eigenvalue weighted by Crippen LogP contribution is 2.62. The largest absolute Gasteiger partial charge is 0.457 e. The third kappa shape index (κ3) is 3.93. The fourth-order valence-electron chi connectivity index (χ4n) is 3.44. The molecule has 1 atom stereocenters. The number of hydrogen-bond donors (Lipinski definition) is 0. The van der Waals surface area contributed by atoms with Crippen LogP contribution in [-0.2, 0) is 0 Å². The van der Waals surface area contributed by atoms with Gasteiger partial charge < -0.3 is 8.94 Å². The Labute approximate surface area is 182 Å². The average molecular weight is 438 g/mol. The molecule has 0 amide bonds. The van der Waals surface area contributed by atoms with Crippen LogP contribution in [0.1, 0.15) is 26.5 Å². The fraction of sp³-hybridized carbons (Fsp3) is 0.200. The molecule has 0 saturated carbocycles. The summed E-state index contributed by atoms with van der Waals surface area (Å²) in [5, 5.41) is 2.53. The minimum absolute atomic E-state index is 0.323. The summed E-state index contributed by atoms with van der Waals surface area (Å²) in [5.41, 5.74) is 1.66. The number of halogens is 1. The Morgan fingerprint density at radius 1 is 0.900 bits per heavy atom. The lowest BCUT2D eigenvalue weighted by Gasteiger charge is -2.35. The Morgan fingerprint density at radius 3 is 2.33 bits per heavy atom. The van der Waals surface area contributed by atoms with Crippen LogP contribution in [0.5, 0.6) is 5.75 Å². The minimum atomic E-state index is -2.68. The smallest absolute Gasteiger partial charge is 0.207 e. The van der Waals surface area contributed by atoms with Crippen LogP contribution in [0.25, 0.3) is 10.8 Å². The van der Waals surface area contributed by atoms with Gasteiger partial charge >= 0.3 is 0 Å². The first-order valence-electron chi connectivity index (χ1n) is 9.91. The van der Waals surface area contributed by atoms with Gasteiger partial charge in [-0.1, -0.05) is 74.8 Å². The molecule has 3 nitrogen and oxygen atoms in total. The lowest BCUT2D eigenvalue weighted by Crippen LogP contribution is -2.26. The Balaban J connectivity index is 2.04. The highest BCUT2D eigenvalue weighted by molar-refractivity contribution is 7.70. The van der Waals surface area contributed by atoms with E-state index in [0.29, 0.717) is 10.8 Å². The number of fused-ring (bicyclic) bond motifs is 1. The zero-order valence-electron chi connectivity index (χ0n) is 17.6. The zero-order chi connectivity index (χ0) is 21.4. The van der Waals surface area contributed by atoms with E-state index < -0.39 is 7.28 Å². The first kappa shape index (κ1) is 20.8. The molecule has 4 aromatic rings. The third-order valence-electron chi connectivity index (χ3n) is 4.98. The molecule has 1 unspecified atom stereocenters. The number of benzene rings is 3. The Hall–Kier alpha value is -2.48. The van der Waals surface area contributed by atoms with Crippen LogP contribution in [0, 0.1) is 6.92 Å². The van der Waals surface area contributed by atoms with Crippen molar-refractivity contribution in [1.29, 1.82) is 0 Å². The lowest BCUT2D eigenvalue weighted by molar-refractivity contribution is 0.527. The van der Waals surface area contributed by atoms with Crippen molar-refractivity contribution in [3.05, 3.63) is 89.6 Å². The van der Waals surface area contributed by atoms with E-state index in [1.54, 1.807) is 0 Å². The highest BCUT2D eigenvalue weighted by atomic mass is 35.5. The van der Waals surface area contributed by atoms with Gasteiger partial charge in [0, 0.05) is 15.6 Å². The Morgan fingerprint density at radius 2 is 1.63 bits per heavy atom. The second-order valence-electron chi connectivity index (χ2n) is 8.28. The van der Waals surface area contributed by atoms with Crippen molar-refractivity contribution < 1.29 is 8.94 Å². The maximum absolute atomic E-state index is 6.77.